The Bertz CT molecular complexity index is 778. The number of hydrogen-bond donors (Lipinski definition) is 0. The number of alkyl halides is 1. The number of benzene rings is 3. The molecule has 122 valence electrons. The third-order valence-electron chi connectivity index (χ3n) is 4.38. The summed E-state index contributed by atoms with van der Waals surface area (Å²) in [5.41, 5.74) is 6.19. The van der Waals surface area contributed by atoms with Crippen LogP contribution in [0.1, 0.15) is 42.8 Å². The predicted molar refractivity (Wildman–Crippen MR) is 105 cm³/mol. The Morgan fingerprint density at radius 3 is 1.58 bits per heavy atom. The minimum atomic E-state index is -0.121. The first-order chi connectivity index (χ1) is 11.4. The van der Waals surface area contributed by atoms with Crippen LogP contribution in [0.25, 0.3) is 11.1 Å². The third kappa shape index (κ3) is 3.71. The maximum absolute atomic E-state index is 6.70. The predicted octanol–water partition coefficient (Wildman–Crippen LogP) is 6.98. The standard InChI is InChI=1S/C23H23Cl/c1-23(2,3)21-15-13-20(14-16-21)22(24)19-11-9-18(10-12-19)17-7-5-4-6-8-17/h4-16,22H,1-3H3. The quantitative estimate of drug-likeness (QED) is 0.453. The van der Waals surface area contributed by atoms with E-state index in [0.29, 0.717) is 0 Å². The molecule has 0 N–H and O–H groups in total. The summed E-state index contributed by atoms with van der Waals surface area (Å²) in [7, 11) is 0. The lowest BCUT2D eigenvalue weighted by Gasteiger charge is -2.20. The van der Waals surface area contributed by atoms with Crippen LogP contribution >= 0.6 is 11.6 Å². The summed E-state index contributed by atoms with van der Waals surface area (Å²) < 4.78 is 0. The van der Waals surface area contributed by atoms with E-state index in [1.807, 2.05) is 6.07 Å². The van der Waals surface area contributed by atoms with Crippen LogP contribution in [0.4, 0.5) is 0 Å². The summed E-state index contributed by atoms with van der Waals surface area (Å²) in [5.74, 6) is 0. The summed E-state index contributed by atoms with van der Waals surface area (Å²) in [6.07, 6.45) is 0. The van der Waals surface area contributed by atoms with Gasteiger partial charge < -0.3 is 0 Å². The van der Waals surface area contributed by atoms with Gasteiger partial charge in [-0.15, -0.1) is 11.6 Å². The highest BCUT2D eigenvalue weighted by atomic mass is 35.5. The number of hydrogen-bond acceptors (Lipinski definition) is 0. The van der Waals surface area contributed by atoms with Crippen molar-refractivity contribution < 1.29 is 0 Å². The molecule has 24 heavy (non-hydrogen) atoms. The van der Waals surface area contributed by atoms with Crippen molar-refractivity contribution in [2.24, 2.45) is 0 Å². The van der Waals surface area contributed by atoms with E-state index in [1.54, 1.807) is 0 Å². The van der Waals surface area contributed by atoms with E-state index in [0.717, 1.165) is 11.1 Å². The molecule has 0 saturated carbocycles. The molecule has 3 aromatic carbocycles. The highest BCUT2D eigenvalue weighted by Gasteiger charge is 2.15. The fourth-order valence-corrected chi connectivity index (χ4v) is 3.11. The van der Waals surface area contributed by atoms with Gasteiger partial charge in [0.15, 0.2) is 0 Å². The largest absolute Gasteiger partial charge is 0.113 e. The fourth-order valence-electron chi connectivity index (χ4n) is 2.82. The number of halogens is 1. The van der Waals surface area contributed by atoms with Gasteiger partial charge in [0.2, 0.25) is 0 Å². The first kappa shape index (κ1) is 16.8. The summed E-state index contributed by atoms with van der Waals surface area (Å²) in [6.45, 7) is 6.67. The van der Waals surface area contributed by atoms with E-state index in [1.165, 1.54) is 16.7 Å². The van der Waals surface area contributed by atoms with E-state index in [9.17, 15) is 0 Å². The Hall–Kier alpha value is -2.05. The van der Waals surface area contributed by atoms with Crippen LogP contribution in [-0.4, -0.2) is 0 Å². The molecule has 0 aliphatic rings. The summed E-state index contributed by atoms with van der Waals surface area (Å²) in [5, 5.41) is -0.121. The second-order valence-corrected chi connectivity index (χ2v) is 7.66. The third-order valence-corrected chi connectivity index (χ3v) is 4.88. The summed E-state index contributed by atoms with van der Waals surface area (Å²) >= 11 is 6.70. The molecule has 0 aliphatic heterocycles. The minimum Gasteiger partial charge on any atom is -0.113 e. The van der Waals surface area contributed by atoms with E-state index < -0.39 is 0 Å². The SMILES string of the molecule is CC(C)(C)c1ccc(C(Cl)c2ccc(-c3ccccc3)cc2)cc1. The van der Waals surface area contributed by atoms with Gasteiger partial charge in [-0.05, 0) is 33.2 Å². The first-order valence-electron chi connectivity index (χ1n) is 8.35. The highest BCUT2D eigenvalue weighted by Crippen LogP contribution is 2.32. The van der Waals surface area contributed by atoms with Crippen molar-refractivity contribution in [1.82, 2.24) is 0 Å². The second-order valence-electron chi connectivity index (χ2n) is 7.22. The Morgan fingerprint density at radius 1 is 0.625 bits per heavy atom. The van der Waals surface area contributed by atoms with E-state index >= 15 is 0 Å². The van der Waals surface area contributed by atoms with Gasteiger partial charge in [0.25, 0.3) is 0 Å². The van der Waals surface area contributed by atoms with Gasteiger partial charge in [0.1, 0.15) is 0 Å². The van der Waals surface area contributed by atoms with Gasteiger partial charge in [-0.3, -0.25) is 0 Å². The highest BCUT2D eigenvalue weighted by molar-refractivity contribution is 6.22. The van der Waals surface area contributed by atoms with Crippen LogP contribution < -0.4 is 0 Å². The molecule has 1 heteroatoms. The van der Waals surface area contributed by atoms with Crippen LogP contribution in [0.2, 0.25) is 0 Å². The molecule has 0 heterocycles. The fraction of sp³-hybridized carbons (Fsp3) is 0.217. The monoisotopic (exact) mass is 334 g/mol. The molecule has 0 amide bonds. The van der Waals surface area contributed by atoms with E-state index in [4.69, 9.17) is 11.6 Å². The van der Waals surface area contributed by atoms with Gasteiger partial charge in [0, 0.05) is 0 Å². The molecule has 0 saturated heterocycles. The van der Waals surface area contributed by atoms with Gasteiger partial charge in [0.05, 0.1) is 5.38 Å². The molecule has 1 unspecified atom stereocenters. The lowest BCUT2D eigenvalue weighted by atomic mass is 9.86. The zero-order valence-electron chi connectivity index (χ0n) is 14.5. The van der Waals surface area contributed by atoms with Gasteiger partial charge in [-0.2, -0.15) is 0 Å². The van der Waals surface area contributed by atoms with Crippen molar-refractivity contribution in [3.63, 3.8) is 0 Å². The average Bonchev–Trinajstić information content (AvgIpc) is 2.61. The maximum atomic E-state index is 6.70. The van der Waals surface area contributed by atoms with Crippen LogP contribution in [0.3, 0.4) is 0 Å². The lowest BCUT2D eigenvalue weighted by molar-refractivity contribution is 0.590. The molecule has 0 radical (unpaired) electrons. The molecule has 0 nitrogen and oxygen atoms in total. The van der Waals surface area contributed by atoms with Crippen LogP contribution in [0, 0.1) is 0 Å². The Balaban J connectivity index is 1.81. The first-order valence-corrected chi connectivity index (χ1v) is 8.79. The molecule has 0 fully saturated rings. The minimum absolute atomic E-state index is 0.121. The Kier molecular flexibility index (Phi) is 4.78. The molecular weight excluding hydrogens is 312 g/mol. The van der Waals surface area contributed by atoms with Crippen LogP contribution in [0.5, 0.6) is 0 Å². The van der Waals surface area contributed by atoms with Crippen LogP contribution in [0.15, 0.2) is 78.9 Å². The second kappa shape index (κ2) is 6.83. The topological polar surface area (TPSA) is 0 Å². The smallest absolute Gasteiger partial charge is 0.0835 e. The van der Waals surface area contributed by atoms with Crippen molar-refractivity contribution in [3.05, 3.63) is 95.6 Å². The Labute approximate surface area is 150 Å². The van der Waals surface area contributed by atoms with Crippen molar-refractivity contribution >= 4 is 11.6 Å². The summed E-state index contributed by atoms with van der Waals surface area (Å²) in [6, 6.07) is 27.6. The van der Waals surface area contributed by atoms with Gasteiger partial charge in [-0.1, -0.05) is 99.6 Å². The van der Waals surface area contributed by atoms with Crippen LogP contribution in [-0.2, 0) is 5.41 Å². The normalized spacial score (nSPS) is 12.8. The Morgan fingerprint density at radius 2 is 1.08 bits per heavy atom. The molecule has 3 aromatic rings. The van der Waals surface area contributed by atoms with E-state index in [-0.39, 0.29) is 10.8 Å². The average molecular weight is 335 g/mol. The molecule has 0 aliphatic carbocycles. The van der Waals surface area contributed by atoms with Crippen molar-refractivity contribution in [2.75, 3.05) is 0 Å². The van der Waals surface area contributed by atoms with Crippen molar-refractivity contribution in [3.8, 4) is 11.1 Å². The molecule has 0 aromatic heterocycles. The zero-order valence-corrected chi connectivity index (χ0v) is 15.2. The molecule has 1 atom stereocenters. The van der Waals surface area contributed by atoms with E-state index in [2.05, 4.69) is 93.6 Å². The van der Waals surface area contributed by atoms with Gasteiger partial charge in [-0.25, -0.2) is 0 Å². The lowest BCUT2D eigenvalue weighted by Crippen LogP contribution is -2.10. The molecule has 0 spiro atoms. The molecule has 0 bridgehead atoms. The maximum Gasteiger partial charge on any atom is 0.0835 e. The van der Waals surface area contributed by atoms with Crippen molar-refractivity contribution in [1.29, 1.82) is 0 Å². The summed E-state index contributed by atoms with van der Waals surface area (Å²) in [4.78, 5) is 0. The zero-order chi connectivity index (χ0) is 17.2. The number of rotatable bonds is 3. The van der Waals surface area contributed by atoms with Crippen molar-refractivity contribution in [2.45, 2.75) is 31.6 Å². The molecular formula is C23H23Cl. The van der Waals surface area contributed by atoms with Gasteiger partial charge >= 0.3 is 0 Å². The molecule has 3 rings (SSSR count).